The normalized spacial score (nSPS) is 10.8. The number of benzene rings is 1. The molecule has 106 valence electrons. The molecule has 0 unspecified atom stereocenters. The molecule has 3 N–H and O–H groups in total. The van der Waals surface area contributed by atoms with Crippen molar-refractivity contribution >= 4 is 22.4 Å². The quantitative estimate of drug-likeness (QED) is 0.659. The number of aryl methyl sites for hydroxylation is 2. The van der Waals surface area contributed by atoms with Crippen LogP contribution in [0.4, 0.5) is 11.5 Å². The van der Waals surface area contributed by atoms with E-state index in [1.54, 1.807) is 0 Å². The third kappa shape index (κ3) is 2.40. The van der Waals surface area contributed by atoms with Crippen molar-refractivity contribution in [2.24, 2.45) is 0 Å². The van der Waals surface area contributed by atoms with Gasteiger partial charge in [-0.05, 0) is 37.1 Å². The molecule has 0 radical (unpaired) electrons. The van der Waals surface area contributed by atoms with Gasteiger partial charge in [-0.3, -0.25) is 9.78 Å². The van der Waals surface area contributed by atoms with Gasteiger partial charge in [-0.25, -0.2) is 14.8 Å². The first-order valence-corrected chi connectivity index (χ1v) is 6.35. The molecule has 7 heteroatoms. The second-order valence-corrected chi connectivity index (χ2v) is 4.79. The number of nitrogens with zero attached hydrogens (tertiary/aromatic N) is 2. The summed E-state index contributed by atoms with van der Waals surface area (Å²) in [7, 11) is 0. The molecule has 0 saturated heterocycles. The summed E-state index contributed by atoms with van der Waals surface area (Å²) in [5.74, 6) is 0.514. The molecule has 2 aromatic heterocycles. The van der Waals surface area contributed by atoms with E-state index in [1.807, 2.05) is 26.0 Å². The van der Waals surface area contributed by atoms with Crippen molar-refractivity contribution in [1.82, 2.24) is 19.9 Å². The molecular formula is C14H13N5O2. The number of anilines is 2. The van der Waals surface area contributed by atoms with Crippen LogP contribution in [0, 0.1) is 13.8 Å². The molecule has 3 aromatic rings. The van der Waals surface area contributed by atoms with Gasteiger partial charge in [0, 0.05) is 11.6 Å². The summed E-state index contributed by atoms with van der Waals surface area (Å²) in [5.41, 5.74) is 2.19. The molecule has 21 heavy (non-hydrogen) atoms. The Morgan fingerprint density at radius 1 is 1.10 bits per heavy atom. The van der Waals surface area contributed by atoms with Crippen LogP contribution < -0.4 is 16.6 Å². The number of hydrogen-bond donors (Lipinski definition) is 3. The van der Waals surface area contributed by atoms with Crippen LogP contribution in [0.15, 0.2) is 34.2 Å². The van der Waals surface area contributed by atoms with Crippen LogP contribution in [0.1, 0.15) is 11.1 Å². The van der Waals surface area contributed by atoms with Gasteiger partial charge in [-0.1, -0.05) is 0 Å². The summed E-state index contributed by atoms with van der Waals surface area (Å²) in [4.78, 5) is 35.7. The number of fused-ring (bicyclic) bond motifs is 1. The zero-order chi connectivity index (χ0) is 15.0. The average molecular weight is 283 g/mol. The minimum Gasteiger partial charge on any atom is -0.334 e. The topological polar surface area (TPSA) is 104 Å². The Kier molecular flexibility index (Phi) is 3.02. The van der Waals surface area contributed by atoms with Crippen LogP contribution in [0.5, 0.6) is 0 Å². The van der Waals surface area contributed by atoms with Crippen molar-refractivity contribution in [1.29, 1.82) is 0 Å². The Labute approximate surface area is 119 Å². The lowest BCUT2D eigenvalue weighted by molar-refractivity contribution is 1.04. The Bertz CT molecular complexity index is 942. The smallest absolute Gasteiger partial charge is 0.325 e. The van der Waals surface area contributed by atoms with Crippen molar-refractivity contribution in [3.8, 4) is 0 Å². The molecule has 0 amide bonds. The van der Waals surface area contributed by atoms with Crippen LogP contribution in [0.2, 0.25) is 0 Å². The summed E-state index contributed by atoms with van der Waals surface area (Å²) < 4.78 is 0. The zero-order valence-electron chi connectivity index (χ0n) is 11.5. The molecular weight excluding hydrogens is 270 g/mol. The van der Waals surface area contributed by atoms with E-state index >= 15 is 0 Å². The first-order chi connectivity index (χ1) is 10.0. The highest BCUT2D eigenvalue weighted by atomic mass is 16.2. The van der Waals surface area contributed by atoms with Crippen LogP contribution in [0.3, 0.4) is 0 Å². The van der Waals surface area contributed by atoms with Gasteiger partial charge in [0.05, 0.1) is 5.52 Å². The fraction of sp³-hybridized carbons (Fsp3) is 0.143. The fourth-order valence-corrected chi connectivity index (χ4v) is 2.05. The molecule has 0 aliphatic carbocycles. The van der Waals surface area contributed by atoms with Crippen molar-refractivity contribution < 1.29 is 0 Å². The van der Waals surface area contributed by atoms with E-state index in [9.17, 15) is 9.59 Å². The minimum atomic E-state index is -0.551. The summed E-state index contributed by atoms with van der Waals surface area (Å²) >= 11 is 0. The molecule has 0 fully saturated rings. The highest BCUT2D eigenvalue weighted by molar-refractivity contribution is 5.91. The molecule has 0 aliphatic heterocycles. The molecule has 1 aromatic carbocycles. The summed E-state index contributed by atoms with van der Waals surface area (Å²) in [6.45, 7) is 4.01. The second kappa shape index (κ2) is 4.86. The van der Waals surface area contributed by atoms with Crippen LogP contribution in [0.25, 0.3) is 10.9 Å². The second-order valence-electron chi connectivity index (χ2n) is 4.79. The van der Waals surface area contributed by atoms with E-state index in [2.05, 4.69) is 25.3 Å². The first-order valence-electron chi connectivity index (χ1n) is 6.35. The zero-order valence-corrected chi connectivity index (χ0v) is 11.5. The largest absolute Gasteiger partial charge is 0.334 e. The number of H-pyrrole nitrogens is 2. The molecule has 0 atom stereocenters. The Hall–Kier alpha value is -2.96. The van der Waals surface area contributed by atoms with Crippen LogP contribution in [-0.4, -0.2) is 19.9 Å². The lowest BCUT2D eigenvalue weighted by Gasteiger charge is -2.09. The van der Waals surface area contributed by atoms with E-state index in [-0.39, 0.29) is 5.69 Å². The number of rotatable bonds is 2. The maximum Gasteiger partial charge on any atom is 0.325 e. The summed E-state index contributed by atoms with van der Waals surface area (Å²) in [6, 6.07) is 3.93. The van der Waals surface area contributed by atoms with Gasteiger partial charge >= 0.3 is 5.69 Å². The van der Waals surface area contributed by atoms with E-state index in [0.717, 1.165) is 22.0 Å². The van der Waals surface area contributed by atoms with E-state index < -0.39 is 11.2 Å². The third-order valence-corrected chi connectivity index (χ3v) is 3.32. The SMILES string of the molecule is Cc1cc2ncnc(Nc3c[nH]c(=O)[nH]c3=O)c2cc1C. The number of aromatic amines is 2. The van der Waals surface area contributed by atoms with Gasteiger partial charge in [0.2, 0.25) is 0 Å². The molecule has 0 saturated carbocycles. The van der Waals surface area contributed by atoms with Crippen molar-refractivity contribution in [3.05, 3.63) is 56.6 Å². The molecule has 0 aliphatic rings. The van der Waals surface area contributed by atoms with Gasteiger partial charge < -0.3 is 10.3 Å². The lowest BCUT2D eigenvalue weighted by atomic mass is 10.1. The monoisotopic (exact) mass is 283 g/mol. The van der Waals surface area contributed by atoms with Crippen LogP contribution >= 0.6 is 0 Å². The van der Waals surface area contributed by atoms with E-state index in [4.69, 9.17) is 0 Å². The van der Waals surface area contributed by atoms with Crippen molar-refractivity contribution in [2.75, 3.05) is 5.32 Å². The molecule has 0 bridgehead atoms. The third-order valence-electron chi connectivity index (χ3n) is 3.32. The van der Waals surface area contributed by atoms with Gasteiger partial charge in [0.25, 0.3) is 5.56 Å². The maximum absolute atomic E-state index is 11.7. The van der Waals surface area contributed by atoms with Crippen molar-refractivity contribution in [2.45, 2.75) is 13.8 Å². The number of aromatic nitrogens is 4. The van der Waals surface area contributed by atoms with Crippen LogP contribution in [-0.2, 0) is 0 Å². The highest BCUT2D eigenvalue weighted by Crippen LogP contribution is 2.24. The maximum atomic E-state index is 11.7. The summed E-state index contributed by atoms with van der Waals surface area (Å²) in [5, 5.41) is 3.74. The standard InChI is InChI=1S/C14H13N5O2/c1-7-3-9-10(4-8(7)2)16-6-17-12(9)18-11-5-15-14(21)19-13(11)20/h3-6H,1-2H3,(H,16,17,18)(H2,15,19,20,21). The Morgan fingerprint density at radius 3 is 2.62 bits per heavy atom. The fourth-order valence-electron chi connectivity index (χ4n) is 2.05. The predicted molar refractivity (Wildman–Crippen MR) is 80.0 cm³/mol. The Morgan fingerprint density at radius 2 is 1.86 bits per heavy atom. The molecule has 3 rings (SSSR count). The van der Waals surface area contributed by atoms with Gasteiger partial charge in [0.1, 0.15) is 17.8 Å². The number of hydrogen-bond acceptors (Lipinski definition) is 5. The van der Waals surface area contributed by atoms with Crippen molar-refractivity contribution in [3.63, 3.8) is 0 Å². The minimum absolute atomic E-state index is 0.216. The van der Waals surface area contributed by atoms with Gasteiger partial charge in [-0.15, -0.1) is 0 Å². The van der Waals surface area contributed by atoms with E-state index in [1.165, 1.54) is 12.5 Å². The van der Waals surface area contributed by atoms with Gasteiger partial charge in [0.15, 0.2) is 0 Å². The first kappa shape index (κ1) is 13.0. The summed E-state index contributed by atoms with van der Waals surface area (Å²) in [6.07, 6.45) is 2.75. The molecule has 7 nitrogen and oxygen atoms in total. The number of nitrogens with one attached hydrogen (secondary N) is 3. The molecule has 0 spiro atoms. The highest BCUT2D eigenvalue weighted by Gasteiger charge is 2.08. The van der Waals surface area contributed by atoms with E-state index in [0.29, 0.717) is 5.82 Å². The lowest BCUT2D eigenvalue weighted by Crippen LogP contribution is -2.23. The van der Waals surface area contributed by atoms with Gasteiger partial charge in [-0.2, -0.15) is 0 Å². The Balaban J connectivity index is 2.14. The average Bonchev–Trinajstić information content (AvgIpc) is 2.44. The predicted octanol–water partition coefficient (Wildman–Crippen LogP) is 1.37. The molecule has 2 heterocycles.